The summed E-state index contributed by atoms with van der Waals surface area (Å²) in [6.45, 7) is 2.93. The highest BCUT2D eigenvalue weighted by molar-refractivity contribution is 5.99. The van der Waals surface area contributed by atoms with E-state index in [0.717, 1.165) is 23.2 Å². The maximum Gasteiger partial charge on any atom is 0.270 e. The van der Waals surface area contributed by atoms with Crippen molar-refractivity contribution in [3.05, 3.63) is 36.0 Å². The third-order valence-electron chi connectivity index (χ3n) is 3.80. The molecule has 1 aliphatic rings. The number of fused-ring (bicyclic) bond motifs is 1. The topological polar surface area (TPSA) is 68.0 Å². The molecule has 1 fully saturated rings. The normalized spacial score (nSPS) is 21.3. The van der Waals surface area contributed by atoms with E-state index >= 15 is 0 Å². The van der Waals surface area contributed by atoms with Gasteiger partial charge in [-0.1, -0.05) is 31.2 Å². The molecular formula is C15H17N3O. The molecule has 0 saturated heterocycles. The van der Waals surface area contributed by atoms with E-state index in [2.05, 4.69) is 17.2 Å². The zero-order valence-corrected chi connectivity index (χ0v) is 10.9. The molecule has 1 aliphatic carbocycles. The minimum absolute atomic E-state index is 0.142. The highest BCUT2D eigenvalue weighted by Crippen LogP contribution is 2.36. The van der Waals surface area contributed by atoms with Crippen LogP contribution in [0.4, 0.5) is 5.82 Å². The Labute approximate surface area is 112 Å². The molecule has 1 aromatic heterocycles. The van der Waals surface area contributed by atoms with Crippen LogP contribution in [0.3, 0.4) is 0 Å². The number of pyridine rings is 1. The first-order valence-corrected chi connectivity index (χ1v) is 6.58. The summed E-state index contributed by atoms with van der Waals surface area (Å²) in [6, 6.07) is 9.47. The molecule has 1 aromatic carbocycles. The van der Waals surface area contributed by atoms with Crippen molar-refractivity contribution in [1.82, 2.24) is 10.3 Å². The van der Waals surface area contributed by atoms with Gasteiger partial charge in [-0.05, 0) is 29.7 Å². The molecule has 0 aliphatic heterocycles. The highest BCUT2D eigenvalue weighted by atomic mass is 16.1. The summed E-state index contributed by atoms with van der Waals surface area (Å²) in [5.41, 5.74) is 6.29. The van der Waals surface area contributed by atoms with E-state index in [0.29, 0.717) is 17.4 Å². The lowest BCUT2D eigenvalue weighted by atomic mass is 10.1. The Balaban J connectivity index is 1.81. The van der Waals surface area contributed by atoms with E-state index in [1.807, 2.05) is 24.3 Å². The molecular weight excluding hydrogens is 238 g/mol. The number of rotatable bonds is 3. The first kappa shape index (κ1) is 12.0. The number of anilines is 1. The number of nitrogens with two attached hydrogens (primary N) is 1. The minimum Gasteiger partial charge on any atom is -0.383 e. The second-order valence-electron chi connectivity index (χ2n) is 5.30. The van der Waals surface area contributed by atoms with Gasteiger partial charge in [-0.3, -0.25) is 4.79 Å². The van der Waals surface area contributed by atoms with E-state index < -0.39 is 0 Å². The average molecular weight is 255 g/mol. The van der Waals surface area contributed by atoms with E-state index in [-0.39, 0.29) is 5.91 Å². The molecule has 2 unspecified atom stereocenters. The Morgan fingerprint density at radius 1 is 1.47 bits per heavy atom. The van der Waals surface area contributed by atoms with Crippen LogP contribution in [0.2, 0.25) is 0 Å². The van der Waals surface area contributed by atoms with Crippen molar-refractivity contribution < 1.29 is 4.79 Å². The maximum atomic E-state index is 12.1. The molecule has 3 rings (SSSR count). The van der Waals surface area contributed by atoms with Crippen LogP contribution in [0.25, 0.3) is 10.8 Å². The molecule has 0 bridgehead atoms. The molecule has 2 aromatic rings. The first-order chi connectivity index (χ1) is 9.15. The fourth-order valence-electron chi connectivity index (χ4n) is 2.34. The van der Waals surface area contributed by atoms with Gasteiger partial charge in [0.2, 0.25) is 0 Å². The summed E-state index contributed by atoms with van der Waals surface area (Å²) in [4.78, 5) is 16.2. The molecule has 19 heavy (non-hydrogen) atoms. The average Bonchev–Trinajstić information content (AvgIpc) is 3.12. The number of amides is 1. The van der Waals surface area contributed by atoms with Crippen molar-refractivity contribution in [2.75, 3.05) is 12.3 Å². The van der Waals surface area contributed by atoms with Crippen molar-refractivity contribution in [2.45, 2.75) is 13.3 Å². The van der Waals surface area contributed by atoms with Crippen LogP contribution in [0, 0.1) is 11.8 Å². The number of benzene rings is 1. The maximum absolute atomic E-state index is 12.1. The quantitative estimate of drug-likeness (QED) is 0.883. The van der Waals surface area contributed by atoms with Gasteiger partial charge >= 0.3 is 0 Å². The largest absolute Gasteiger partial charge is 0.383 e. The van der Waals surface area contributed by atoms with Crippen LogP contribution in [0.15, 0.2) is 30.3 Å². The highest BCUT2D eigenvalue weighted by Gasteiger charge is 2.32. The minimum atomic E-state index is -0.142. The van der Waals surface area contributed by atoms with Crippen molar-refractivity contribution in [3.63, 3.8) is 0 Å². The van der Waals surface area contributed by atoms with Crippen LogP contribution in [-0.4, -0.2) is 17.4 Å². The van der Waals surface area contributed by atoms with E-state index in [1.54, 1.807) is 6.07 Å². The third kappa shape index (κ3) is 2.38. The van der Waals surface area contributed by atoms with Gasteiger partial charge in [-0.25, -0.2) is 4.98 Å². The van der Waals surface area contributed by atoms with Crippen LogP contribution in [0.5, 0.6) is 0 Å². The molecule has 4 nitrogen and oxygen atoms in total. The Hall–Kier alpha value is -2.10. The zero-order chi connectivity index (χ0) is 13.4. The predicted molar refractivity (Wildman–Crippen MR) is 75.8 cm³/mol. The molecule has 0 radical (unpaired) electrons. The molecule has 2 atom stereocenters. The van der Waals surface area contributed by atoms with Crippen molar-refractivity contribution in [1.29, 1.82) is 0 Å². The molecule has 0 spiro atoms. The Morgan fingerprint density at radius 3 is 2.95 bits per heavy atom. The smallest absolute Gasteiger partial charge is 0.270 e. The molecule has 3 N–H and O–H groups in total. The lowest BCUT2D eigenvalue weighted by Crippen LogP contribution is -2.27. The van der Waals surface area contributed by atoms with Gasteiger partial charge in [-0.2, -0.15) is 0 Å². The monoisotopic (exact) mass is 255 g/mol. The first-order valence-electron chi connectivity index (χ1n) is 6.58. The summed E-state index contributed by atoms with van der Waals surface area (Å²) >= 11 is 0. The lowest BCUT2D eigenvalue weighted by molar-refractivity contribution is 0.0946. The number of carbonyl (C=O) groups is 1. The van der Waals surface area contributed by atoms with Gasteiger partial charge in [-0.15, -0.1) is 0 Å². The lowest BCUT2D eigenvalue weighted by Gasteiger charge is -2.07. The third-order valence-corrected chi connectivity index (χ3v) is 3.80. The second kappa shape index (κ2) is 4.53. The number of nitrogen functional groups attached to an aromatic ring is 1. The molecule has 1 heterocycles. The molecule has 1 saturated carbocycles. The summed E-state index contributed by atoms with van der Waals surface area (Å²) in [5, 5.41) is 4.75. The summed E-state index contributed by atoms with van der Waals surface area (Å²) in [6.07, 6.45) is 1.20. The van der Waals surface area contributed by atoms with Crippen LogP contribution in [0.1, 0.15) is 23.8 Å². The number of carbonyl (C=O) groups excluding carboxylic acids is 1. The van der Waals surface area contributed by atoms with Gasteiger partial charge in [0, 0.05) is 11.9 Å². The molecule has 1 amide bonds. The number of hydrogen-bond acceptors (Lipinski definition) is 3. The number of aromatic nitrogens is 1. The number of nitrogens with one attached hydrogen (secondary N) is 1. The fraction of sp³-hybridized carbons (Fsp3) is 0.333. The predicted octanol–water partition coefficient (Wildman–Crippen LogP) is 2.20. The van der Waals surface area contributed by atoms with Crippen LogP contribution in [-0.2, 0) is 0 Å². The van der Waals surface area contributed by atoms with E-state index in [1.165, 1.54) is 6.42 Å². The van der Waals surface area contributed by atoms with Gasteiger partial charge in [0.25, 0.3) is 5.91 Å². The van der Waals surface area contributed by atoms with Gasteiger partial charge < -0.3 is 11.1 Å². The summed E-state index contributed by atoms with van der Waals surface area (Å²) in [5.74, 6) is 1.62. The Kier molecular flexibility index (Phi) is 2.85. The summed E-state index contributed by atoms with van der Waals surface area (Å²) < 4.78 is 0. The van der Waals surface area contributed by atoms with Crippen molar-refractivity contribution in [2.24, 2.45) is 11.8 Å². The molecule has 98 valence electrons. The standard InChI is InChI=1S/C15H17N3O/c1-9-6-11(9)8-17-15(19)13-7-10-4-2-3-5-12(10)14(16)18-13/h2-5,7,9,11H,6,8H2,1H3,(H2,16,18)(H,17,19). The SMILES string of the molecule is CC1CC1CNC(=O)c1cc2ccccc2c(N)n1. The zero-order valence-electron chi connectivity index (χ0n) is 10.9. The molecule has 4 heteroatoms. The number of hydrogen-bond donors (Lipinski definition) is 2. The summed E-state index contributed by atoms with van der Waals surface area (Å²) in [7, 11) is 0. The number of nitrogens with zero attached hydrogens (tertiary/aromatic N) is 1. The Morgan fingerprint density at radius 2 is 2.21 bits per heavy atom. The van der Waals surface area contributed by atoms with Crippen molar-refractivity contribution in [3.8, 4) is 0 Å². The van der Waals surface area contributed by atoms with Gasteiger partial charge in [0.1, 0.15) is 11.5 Å². The van der Waals surface area contributed by atoms with Crippen LogP contribution < -0.4 is 11.1 Å². The van der Waals surface area contributed by atoms with Crippen molar-refractivity contribution >= 4 is 22.5 Å². The second-order valence-corrected chi connectivity index (χ2v) is 5.30. The van der Waals surface area contributed by atoms with Crippen LogP contribution >= 0.6 is 0 Å². The van der Waals surface area contributed by atoms with Gasteiger partial charge in [0.05, 0.1) is 0 Å². The fourth-order valence-corrected chi connectivity index (χ4v) is 2.34. The Bertz CT molecular complexity index is 638. The van der Waals surface area contributed by atoms with E-state index in [9.17, 15) is 4.79 Å². The van der Waals surface area contributed by atoms with E-state index in [4.69, 9.17) is 5.73 Å². The van der Waals surface area contributed by atoms with Gasteiger partial charge in [0.15, 0.2) is 0 Å².